The van der Waals surface area contributed by atoms with Crippen molar-refractivity contribution < 1.29 is 4.79 Å². The Hall–Kier alpha value is -1.38. The molecule has 0 amide bonds. The van der Waals surface area contributed by atoms with E-state index in [0.29, 0.717) is 17.7 Å². The van der Waals surface area contributed by atoms with Crippen LogP contribution in [0, 0.1) is 0 Å². The standard InChI is InChI=1S/C8H10N2O.C2H6/c1-2-7-4-3-6(5-11)8(9)10-7;1-2/h3-5H,2H2,1H3,(H2,9,10);1-2H3. The summed E-state index contributed by atoms with van der Waals surface area (Å²) in [6, 6.07) is 3.49. The molecule has 0 radical (unpaired) electrons. The third kappa shape index (κ3) is 3.23. The van der Waals surface area contributed by atoms with E-state index in [1.165, 1.54) is 0 Å². The number of nitrogens with zero attached hydrogens (tertiary/aromatic N) is 1. The van der Waals surface area contributed by atoms with Crippen LogP contribution in [0.2, 0.25) is 0 Å². The van der Waals surface area contributed by atoms with Crippen molar-refractivity contribution in [2.24, 2.45) is 0 Å². The largest absolute Gasteiger partial charge is 0.383 e. The molecule has 1 aromatic rings. The van der Waals surface area contributed by atoms with Gasteiger partial charge in [0.2, 0.25) is 0 Å². The summed E-state index contributed by atoms with van der Waals surface area (Å²) in [4.78, 5) is 14.3. The number of carbonyl (C=O) groups excluding carboxylic acids is 1. The number of nitrogens with two attached hydrogens (primary N) is 1. The fourth-order valence-corrected chi connectivity index (χ4v) is 0.824. The minimum absolute atomic E-state index is 0.319. The molecule has 72 valence electrons. The van der Waals surface area contributed by atoms with Gasteiger partial charge in [-0.1, -0.05) is 20.8 Å². The molecule has 1 rings (SSSR count). The molecule has 0 aliphatic heterocycles. The van der Waals surface area contributed by atoms with E-state index in [2.05, 4.69) is 4.98 Å². The monoisotopic (exact) mass is 180 g/mol. The summed E-state index contributed by atoms with van der Waals surface area (Å²) in [5, 5.41) is 0. The van der Waals surface area contributed by atoms with Gasteiger partial charge in [0.15, 0.2) is 6.29 Å². The molecule has 3 heteroatoms. The maximum absolute atomic E-state index is 10.3. The molecule has 0 saturated heterocycles. The second kappa shape index (κ2) is 6.17. The molecule has 0 spiro atoms. The average molecular weight is 180 g/mol. The maximum atomic E-state index is 10.3. The molecular weight excluding hydrogens is 164 g/mol. The molecule has 0 fully saturated rings. The predicted molar refractivity (Wildman–Crippen MR) is 54.8 cm³/mol. The van der Waals surface area contributed by atoms with Crippen LogP contribution in [-0.4, -0.2) is 11.3 Å². The summed E-state index contributed by atoms with van der Waals surface area (Å²) in [5.41, 5.74) is 6.84. The first kappa shape index (κ1) is 11.6. The average Bonchev–Trinajstić information content (AvgIpc) is 2.20. The lowest BCUT2D eigenvalue weighted by Crippen LogP contribution is -1.99. The number of hydrogen-bond donors (Lipinski definition) is 1. The van der Waals surface area contributed by atoms with Gasteiger partial charge in [-0.05, 0) is 18.6 Å². The van der Waals surface area contributed by atoms with E-state index in [0.717, 1.165) is 12.1 Å². The zero-order chi connectivity index (χ0) is 10.3. The Labute approximate surface area is 79.0 Å². The summed E-state index contributed by atoms with van der Waals surface area (Å²) in [6.45, 7) is 5.99. The Balaban J connectivity index is 0.000000671. The van der Waals surface area contributed by atoms with E-state index in [1.807, 2.05) is 20.8 Å². The van der Waals surface area contributed by atoms with E-state index in [4.69, 9.17) is 5.73 Å². The third-order valence-corrected chi connectivity index (χ3v) is 1.50. The van der Waals surface area contributed by atoms with Crippen molar-refractivity contribution in [1.82, 2.24) is 4.98 Å². The van der Waals surface area contributed by atoms with Crippen LogP contribution in [0.1, 0.15) is 36.8 Å². The van der Waals surface area contributed by atoms with E-state index >= 15 is 0 Å². The fraction of sp³-hybridized carbons (Fsp3) is 0.400. The van der Waals surface area contributed by atoms with Crippen molar-refractivity contribution in [2.45, 2.75) is 27.2 Å². The van der Waals surface area contributed by atoms with Crippen molar-refractivity contribution in [3.63, 3.8) is 0 Å². The number of nitrogen functional groups attached to an aromatic ring is 1. The van der Waals surface area contributed by atoms with Crippen LogP contribution in [-0.2, 0) is 6.42 Å². The molecule has 0 aromatic carbocycles. The van der Waals surface area contributed by atoms with Crippen LogP contribution in [0.5, 0.6) is 0 Å². The van der Waals surface area contributed by atoms with E-state index < -0.39 is 0 Å². The van der Waals surface area contributed by atoms with E-state index in [-0.39, 0.29) is 0 Å². The molecule has 1 heterocycles. The summed E-state index contributed by atoms with van der Waals surface area (Å²) >= 11 is 0. The lowest BCUT2D eigenvalue weighted by molar-refractivity contribution is 0.112. The zero-order valence-electron chi connectivity index (χ0n) is 8.37. The van der Waals surface area contributed by atoms with Crippen LogP contribution < -0.4 is 5.73 Å². The Bertz CT molecular complexity index is 272. The van der Waals surface area contributed by atoms with Gasteiger partial charge in [-0.2, -0.15) is 0 Å². The molecule has 1 aromatic heterocycles. The quantitative estimate of drug-likeness (QED) is 0.709. The molecule has 3 nitrogen and oxygen atoms in total. The molecule has 0 unspecified atom stereocenters. The normalized spacial score (nSPS) is 8.54. The van der Waals surface area contributed by atoms with Crippen LogP contribution in [0.25, 0.3) is 0 Å². The molecule has 0 aliphatic carbocycles. The van der Waals surface area contributed by atoms with Crippen molar-refractivity contribution in [3.05, 3.63) is 23.4 Å². The Morgan fingerprint density at radius 1 is 1.46 bits per heavy atom. The zero-order valence-corrected chi connectivity index (χ0v) is 8.37. The summed E-state index contributed by atoms with van der Waals surface area (Å²) in [6.07, 6.45) is 1.55. The number of rotatable bonds is 2. The first-order valence-corrected chi connectivity index (χ1v) is 4.48. The maximum Gasteiger partial charge on any atom is 0.153 e. The minimum atomic E-state index is 0.319. The van der Waals surface area contributed by atoms with Gasteiger partial charge in [-0.3, -0.25) is 4.79 Å². The number of aryl methyl sites for hydroxylation is 1. The van der Waals surface area contributed by atoms with Gasteiger partial charge in [0.25, 0.3) is 0 Å². The van der Waals surface area contributed by atoms with Crippen molar-refractivity contribution in [3.8, 4) is 0 Å². The summed E-state index contributed by atoms with van der Waals surface area (Å²) in [7, 11) is 0. The lowest BCUT2D eigenvalue weighted by Gasteiger charge is -1.99. The topological polar surface area (TPSA) is 56.0 Å². The smallest absolute Gasteiger partial charge is 0.153 e. The third-order valence-electron chi connectivity index (χ3n) is 1.50. The highest BCUT2D eigenvalue weighted by Crippen LogP contribution is 2.06. The van der Waals surface area contributed by atoms with Crippen LogP contribution in [0.4, 0.5) is 5.82 Å². The van der Waals surface area contributed by atoms with Crippen LogP contribution in [0.15, 0.2) is 12.1 Å². The number of pyridine rings is 1. The van der Waals surface area contributed by atoms with Crippen molar-refractivity contribution >= 4 is 12.1 Å². The molecule has 13 heavy (non-hydrogen) atoms. The van der Waals surface area contributed by atoms with Crippen molar-refractivity contribution in [2.75, 3.05) is 5.73 Å². The van der Waals surface area contributed by atoms with Crippen molar-refractivity contribution in [1.29, 1.82) is 0 Å². The summed E-state index contributed by atoms with van der Waals surface area (Å²) < 4.78 is 0. The van der Waals surface area contributed by atoms with Gasteiger partial charge < -0.3 is 5.73 Å². The molecule has 2 N–H and O–H groups in total. The van der Waals surface area contributed by atoms with Gasteiger partial charge in [-0.25, -0.2) is 4.98 Å². The van der Waals surface area contributed by atoms with Gasteiger partial charge in [0, 0.05) is 5.69 Å². The highest BCUT2D eigenvalue weighted by Gasteiger charge is 1.98. The molecule has 0 saturated carbocycles. The molecule has 0 bridgehead atoms. The van der Waals surface area contributed by atoms with E-state index in [1.54, 1.807) is 12.1 Å². The second-order valence-corrected chi connectivity index (χ2v) is 2.25. The van der Waals surface area contributed by atoms with Gasteiger partial charge in [-0.15, -0.1) is 0 Å². The predicted octanol–water partition coefficient (Wildman–Crippen LogP) is 2.06. The van der Waals surface area contributed by atoms with Crippen LogP contribution in [0.3, 0.4) is 0 Å². The number of carbonyl (C=O) groups is 1. The minimum Gasteiger partial charge on any atom is -0.383 e. The number of anilines is 1. The Kier molecular flexibility index (Phi) is 5.52. The van der Waals surface area contributed by atoms with E-state index in [9.17, 15) is 4.79 Å². The highest BCUT2D eigenvalue weighted by atomic mass is 16.1. The first-order chi connectivity index (χ1) is 6.27. The second-order valence-electron chi connectivity index (χ2n) is 2.25. The lowest BCUT2D eigenvalue weighted by atomic mass is 10.2. The summed E-state index contributed by atoms with van der Waals surface area (Å²) in [5.74, 6) is 0.319. The molecular formula is C10H16N2O. The van der Waals surface area contributed by atoms with Crippen LogP contribution >= 0.6 is 0 Å². The Morgan fingerprint density at radius 3 is 2.46 bits per heavy atom. The SMILES string of the molecule is CC.CCc1ccc(C=O)c(N)n1. The number of aromatic nitrogens is 1. The van der Waals surface area contributed by atoms with Gasteiger partial charge in [0.1, 0.15) is 5.82 Å². The number of aldehydes is 1. The molecule has 0 aliphatic rings. The Morgan fingerprint density at radius 2 is 2.08 bits per heavy atom. The highest BCUT2D eigenvalue weighted by molar-refractivity contribution is 5.81. The van der Waals surface area contributed by atoms with Gasteiger partial charge in [0.05, 0.1) is 5.56 Å². The fourth-order valence-electron chi connectivity index (χ4n) is 0.824. The van der Waals surface area contributed by atoms with Gasteiger partial charge >= 0.3 is 0 Å². The molecule has 0 atom stereocenters. The number of hydrogen-bond acceptors (Lipinski definition) is 3. The first-order valence-electron chi connectivity index (χ1n) is 4.48.